The molecule has 0 saturated carbocycles. The lowest BCUT2D eigenvalue weighted by atomic mass is 10.2. The molecule has 1 fully saturated rings. The molecular formula is C17H15BrN2O2. The van der Waals surface area contributed by atoms with E-state index in [1.807, 2.05) is 49.4 Å². The predicted molar refractivity (Wildman–Crippen MR) is 89.8 cm³/mol. The fraction of sp³-hybridized carbons (Fsp3) is 0.176. The number of amides is 2. The van der Waals surface area contributed by atoms with Gasteiger partial charge in [0.1, 0.15) is 6.04 Å². The van der Waals surface area contributed by atoms with E-state index in [1.165, 1.54) is 4.90 Å². The quantitative estimate of drug-likeness (QED) is 0.854. The largest absolute Gasteiger partial charge is 0.373 e. The molecule has 1 aliphatic heterocycles. The first kappa shape index (κ1) is 14.8. The number of nitrogens with zero attached hydrogens (tertiary/aromatic N) is 1. The highest BCUT2D eigenvalue weighted by atomic mass is 79.9. The maximum absolute atomic E-state index is 12.6. The molecule has 0 unspecified atom stereocenters. The maximum atomic E-state index is 12.6. The van der Waals surface area contributed by atoms with Crippen molar-refractivity contribution in [2.75, 3.05) is 10.2 Å². The SMILES string of the molecule is Cc1cccc(N[C@H]2CC(=O)N(c3ccccc3Br)C2=O)c1. The number of rotatable bonds is 3. The molecule has 3 rings (SSSR count). The van der Waals surface area contributed by atoms with Crippen molar-refractivity contribution in [2.45, 2.75) is 19.4 Å². The van der Waals surface area contributed by atoms with Gasteiger partial charge in [-0.15, -0.1) is 0 Å². The molecule has 0 aromatic heterocycles. The molecule has 2 aromatic carbocycles. The third-order valence-electron chi connectivity index (χ3n) is 3.60. The van der Waals surface area contributed by atoms with Crippen LogP contribution in [0.2, 0.25) is 0 Å². The first-order chi connectivity index (χ1) is 10.6. The summed E-state index contributed by atoms with van der Waals surface area (Å²) in [7, 11) is 0. The Kier molecular flexibility index (Phi) is 3.98. The maximum Gasteiger partial charge on any atom is 0.256 e. The van der Waals surface area contributed by atoms with Crippen LogP contribution >= 0.6 is 15.9 Å². The van der Waals surface area contributed by atoms with Gasteiger partial charge in [0, 0.05) is 10.2 Å². The second-order valence-corrected chi connectivity index (χ2v) is 6.14. The first-order valence-electron chi connectivity index (χ1n) is 7.01. The smallest absolute Gasteiger partial charge is 0.256 e. The number of halogens is 1. The third kappa shape index (κ3) is 2.76. The number of aryl methyl sites for hydroxylation is 1. The number of carbonyl (C=O) groups is 2. The molecule has 1 saturated heterocycles. The second-order valence-electron chi connectivity index (χ2n) is 5.29. The normalized spacial score (nSPS) is 17.9. The van der Waals surface area contributed by atoms with Crippen LogP contribution in [0.25, 0.3) is 0 Å². The van der Waals surface area contributed by atoms with Gasteiger partial charge >= 0.3 is 0 Å². The summed E-state index contributed by atoms with van der Waals surface area (Å²) in [5, 5.41) is 3.15. The summed E-state index contributed by atoms with van der Waals surface area (Å²) >= 11 is 3.39. The number of carbonyl (C=O) groups excluding carboxylic acids is 2. The molecule has 0 aliphatic carbocycles. The van der Waals surface area contributed by atoms with Crippen LogP contribution in [0.5, 0.6) is 0 Å². The average molecular weight is 359 g/mol. The van der Waals surface area contributed by atoms with Gasteiger partial charge in [0.2, 0.25) is 5.91 Å². The summed E-state index contributed by atoms with van der Waals surface area (Å²) in [5.41, 5.74) is 2.54. The van der Waals surface area contributed by atoms with Crippen molar-refractivity contribution in [1.82, 2.24) is 0 Å². The van der Waals surface area contributed by atoms with Gasteiger partial charge in [-0.1, -0.05) is 24.3 Å². The molecule has 1 aliphatic rings. The van der Waals surface area contributed by atoms with Crippen molar-refractivity contribution < 1.29 is 9.59 Å². The highest BCUT2D eigenvalue weighted by Gasteiger charge is 2.40. The summed E-state index contributed by atoms with van der Waals surface area (Å²) in [6.07, 6.45) is 0.161. The number of hydrogen-bond donors (Lipinski definition) is 1. The second kappa shape index (κ2) is 5.93. The molecule has 4 nitrogen and oxygen atoms in total. The van der Waals surface area contributed by atoms with Gasteiger partial charge in [-0.2, -0.15) is 0 Å². The first-order valence-corrected chi connectivity index (χ1v) is 7.80. The number of hydrogen-bond acceptors (Lipinski definition) is 3. The van der Waals surface area contributed by atoms with E-state index >= 15 is 0 Å². The Bertz CT molecular complexity index is 745. The summed E-state index contributed by atoms with van der Waals surface area (Å²) in [6.45, 7) is 1.99. The Balaban J connectivity index is 1.84. The van der Waals surface area contributed by atoms with E-state index in [-0.39, 0.29) is 18.2 Å². The number of benzene rings is 2. The Morgan fingerprint density at radius 3 is 2.64 bits per heavy atom. The minimum atomic E-state index is -0.526. The average Bonchev–Trinajstić information content (AvgIpc) is 2.74. The van der Waals surface area contributed by atoms with Crippen molar-refractivity contribution in [1.29, 1.82) is 0 Å². The van der Waals surface area contributed by atoms with E-state index < -0.39 is 6.04 Å². The van der Waals surface area contributed by atoms with Crippen molar-refractivity contribution in [3.05, 3.63) is 58.6 Å². The van der Waals surface area contributed by atoms with Crippen LogP contribution in [-0.2, 0) is 9.59 Å². The van der Waals surface area contributed by atoms with Gasteiger partial charge in [-0.25, -0.2) is 4.90 Å². The predicted octanol–water partition coefficient (Wildman–Crippen LogP) is 3.50. The minimum Gasteiger partial charge on any atom is -0.373 e. The molecule has 1 N–H and O–H groups in total. The fourth-order valence-electron chi connectivity index (χ4n) is 2.57. The van der Waals surface area contributed by atoms with E-state index in [2.05, 4.69) is 21.2 Å². The van der Waals surface area contributed by atoms with Crippen molar-refractivity contribution in [2.24, 2.45) is 0 Å². The molecule has 0 radical (unpaired) electrons. The Hall–Kier alpha value is -2.14. The highest BCUT2D eigenvalue weighted by molar-refractivity contribution is 9.10. The number of nitrogens with one attached hydrogen (secondary N) is 1. The van der Waals surface area contributed by atoms with Gasteiger partial charge in [0.15, 0.2) is 0 Å². The zero-order valence-electron chi connectivity index (χ0n) is 12.0. The molecule has 1 atom stereocenters. The van der Waals surface area contributed by atoms with Crippen molar-refractivity contribution in [3.8, 4) is 0 Å². The van der Waals surface area contributed by atoms with Crippen LogP contribution in [0.3, 0.4) is 0 Å². The minimum absolute atomic E-state index is 0.161. The lowest BCUT2D eigenvalue weighted by Gasteiger charge is -2.17. The number of imide groups is 1. The van der Waals surface area contributed by atoms with Crippen molar-refractivity contribution in [3.63, 3.8) is 0 Å². The third-order valence-corrected chi connectivity index (χ3v) is 4.27. The molecule has 2 amide bonds. The fourth-order valence-corrected chi connectivity index (χ4v) is 3.03. The molecule has 0 bridgehead atoms. The van der Waals surface area contributed by atoms with Crippen LogP contribution in [0.15, 0.2) is 53.0 Å². The van der Waals surface area contributed by atoms with Crippen LogP contribution in [0, 0.1) is 6.92 Å². The number of anilines is 2. The van der Waals surface area contributed by atoms with Gasteiger partial charge in [-0.3, -0.25) is 9.59 Å². The summed E-state index contributed by atoms with van der Waals surface area (Å²) in [5.74, 6) is -0.416. The summed E-state index contributed by atoms with van der Waals surface area (Å²) in [4.78, 5) is 26.1. The summed E-state index contributed by atoms with van der Waals surface area (Å²) < 4.78 is 0.730. The molecular weight excluding hydrogens is 344 g/mol. The standard InChI is InChI=1S/C17H15BrN2O2/c1-11-5-4-6-12(9-11)19-14-10-16(21)20(17(14)22)15-8-3-2-7-13(15)18/h2-9,14,19H,10H2,1H3/t14-/m0/s1. The van der Waals surface area contributed by atoms with Gasteiger partial charge in [0.05, 0.1) is 12.1 Å². The van der Waals surface area contributed by atoms with E-state index in [0.29, 0.717) is 5.69 Å². The molecule has 1 heterocycles. The zero-order chi connectivity index (χ0) is 15.7. The van der Waals surface area contributed by atoms with Crippen LogP contribution in [0.1, 0.15) is 12.0 Å². The van der Waals surface area contributed by atoms with Gasteiger partial charge in [0.25, 0.3) is 5.91 Å². The lowest BCUT2D eigenvalue weighted by molar-refractivity contribution is -0.121. The topological polar surface area (TPSA) is 49.4 Å². The van der Waals surface area contributed by atoms with Gasteiger partial charge < -0.3 is 5.32 Å². The van der Waals surface area contributed by atoms with Gasteiger partial charge in [-0.05, 0) is 52.7 Å². The van der Waals surface area contributed by atoms with E-state index in [9.17, 15) is 9.59 Å². The highest BCUT2D eigenvalue weighted by Crippen LogP contribution is 2.31. The lowest BCUT2D eigenvalue weighted by Crippen LogP contribution is -2.35. The van der Waals surface area contributed by atoms with E-state index in [4.69, 9.17) is 0 Å². The summed E-state index contributed by atoms with van der Waals surface area (Å²) in [6, 6.07) is 14.5. The molecule has 2 aromatic rings. The molecule has 0 spiro atoms. The molecule has 112 valence electrons. The van der Waals surface area contributed by atoms with Crippen LogP contribution < -0.4 is 10.2 Å². The monoisotopic (exact) mass is 358 g/mol. The van der Waals surface area contributed by atoms with Crippen molar-refractivity contribution >= 4 is 39.1 Å². The molecule has 22 heavy (non-hydrogen) atoms. The van der Waals surface area contributed by atoms with Crippen LogP contribution in [-0.4, -0.2) is 17.9 Å². The number of para-hydroxylation sites is 1. The Morgan fingerprint density at radius 2 is 1.91 bits per heavy atom. The molecule has 5 heteroatoms. The zero-order valence-corrected chi connectivity index (χ0v) is 13.6. The Labute approximate surface area is 137 Å². The Morgan fingerprint density at radius 1 is 1.14 bits per heavy atom. The van der Waals surface area contributed by atoms with Crippen LogP contribution in [0.4, 0.5) is 11.4 Å². The van der Waals surface area contributed by atoms with E-state index in [0.717, 1.165) is 15.7 Å². The van der Waals surface area contributed by atoms with E-state index in [1.54, 1.807) is 6.07 Å².